The van der Waals surface area contributed by atoms with Gasteiger partial charge in [0, 0.05) is 29.3 Å². The number of thiophene rings is 1. The molecule has 0 atom stereocenters. The number of hydrogen-bond acceptors (Lipinski definition) is 5. The SMILES string of the molecule is Nc1c(CCO)c(Cl)c(N)c(-c2cccs2)c1CCO. The molecule has 2 aromatic rings. The van der Waals surface area contributed by atoms with Crippen LogP contribution in [0.5, 0.6) is 0 Å². The Labute approximate surface area is 126 Å². The molecule has 6 heteroatoms. The number of aliphatic hydroxyl groups excluding tert-OH is 2. The van der Waals surface area contributed by atoms with Gasteiger partial charge in [-0.1, -0.05) is 17.7 Å². The highest BCUT2D eigenvalue weighted by atomic mass is 35.5. The number of benzene rings is 1. The zero-order chi connectivity index (χ0) is 14.7. The zero-order valence-electron chi connectivity index (χ0n) is 10.9. The number of aliphatic hydroxyl groups is 2. The average Bonchev–Trinajstić information content (AvgIpc) is 2.95. The lowest BCUT2D eigenvalue weighted by molar-refractivity contribution is 0.298. The lowest BCUT2D eigenvalue weighted by Crippen LogP contribution is -2.09. The number of rotatable bonds is 5. The number of anilines is 2. The highest BCUT2D eigenvalue weighted by molar-refractivity contribution is 7.13. The third kappa shape index (κ3) is 2.62. The van der Waals surface area contributed by atoms with Crippen molar-refractivity contribution < 1.29 is 10.2 Å². The van der Waals surface area contributed by atoms with Crippen molar-refractivity contribution in [2.45, 2.75) is 12.8 Å². The fourth-order valence-electron chi connectivity index (χ4n) is 2.30. The topological polar surface area (TPSA) is 92.5 Å². The van der Waals surface area contributed by atoms with E-state index in [-0.39, 0.29) is 13.2 Å². The number of halogens is 1. The molecule has 1 heterocycles. The molecule has 0 aliphatic carbocycles. The number of hydrogen-bond donors (Lipinski definition) is 4. The average molecular weight is 313 g/mol. The molecule has 0 saturated heterocycles. The van der Waals surface area contributed by atoms with Gasteiger partial charge in [0.05, 0.1) is 10.7 Å². The van der Waals surface area contributed by atoms with Crippen molar-refractivity contribution in [2.75, 3.05) is 24.7 Å². The maximum Gasteiger partial charge on any atom is 0.0695 e. The second-order valence-electron chi connectivity index (χ2n) is 4.40. The Balaban J connectivity index is 2.73. The minimum Gasteiger partial charge on any atom is -0.398 e. The molecule has 2 rings (SSSR count). The molecule has 0 fully saturated rings. The van der Waals surface area contributed by atoms with Gasteiger partial charge in [-0.2, -0.15) is 0 Å². The Morgan fingerprint density at radius 3 is 2.25 bits per heavy atom. The smallest absolute Gasteiger partial charge is 0.0695 e. The van der Waals surface area contributed by atoms with Crippen molar-refractivity contribution in [1.82, 2.24) is 0 Å². The Morgan fingerprint density at radius 1 is 1.05 bits per heavy atom. The van der Waals surface area contributed by atoms with Crippen LogP contribution in [0.2, 0.25) is 5.02 Å². The first-order valence-corrected chi connectivity index (χ1v) is 7.51. The molecule has 0 saturated carbocycles. The van der Waals surface area contributed by atoms with Crippen LogP contribution >= 0.6 is 22.9 Å². The monoisotopic (exact) mass is 312 g/mol. The highest BCUT2D eigenvalue weighted by Crippen LogP contribution is 2.43. The van der Waals surface area contributed by atoms with E-state index in [0.717, 1.165) is 16.0 Å². The van der Waals surface area contributed by atoms with Gasteiger partial charge in [0.1, 0.15) is 0 Å². The van der Waals surface area contributed by atoms with Crippen LogP contribution in [-0.4, -0.2) is 23.4 Å². The molecule has 0 spiro atoms. The summed E-state index contributed by atoms with van der Waals surface area (Å²) in [7, 11) is 0. The van der Waals surface area contributed by atoms with Crippen LogP contribution < -0.4 is 11.5 Å². The fraction of sp³-hybridized carbons (Fsp3) is 0.286. The van der Waals surface area contributed by atoms with Crippen LogP contribution in [-0.2, 0) is 12.8 Å². The van der Waals surface area contributed by atoms with Crippen molar-refractivity contribution in [3.63, 3.8) is 0 Å². The van der Waals surface area contributed by atoms with Crippen molar-refractivity contribution in [1.29, 1.82) is 0 Å². The molecule has 1 aromatic heterocycles. The van der Waals surface area contributed by atoms with Gasteiger partial charge in [-0.05, 0) is 35.4 Å². The van der Waals surface area contributed by atoms with Gasteiger partial charge in [0.15, 0.2) is 0 Å². The summed E-state index contributed by atoms with van der Waals surface area (Å²) in [6.45, 7) is -0.0809. The van der Waals surface area contributed by atoms with E-state index in [9.17, 15) is 5.11 Å². The van der Waals surface area contributed by atoms with Gasteiger partial charge in [-0.3, -0.25) is 0 Å². The van der Waals surface area contributed by atoms with E-state index in [1.54, 1.807) is 11.3 Å². The zero-order valence-corrected chi connectivity index (χ0v) is 12.5. The maximum atomic E-state index is 9.27. The molecule has 0 amide bonds. The summed E-state index contributed by atoms with van der Waals surface area (Å²) < 4.78 is 0. The van der Waals surface area contributed by atoms with Crippen molar-refractivity contribution in [3.05, 3.63) is 33.7 Å². The van der Waals surface area contributed by atoms with Crippen LogP contribution in [0.25, 0.3) is 10.4 Å². The normalized spacial score (nSPS) is 10.9. The molecule has 20 heavy (non-hydrogen) atoms. The number of nitrogen functional groups attached to an aromatic ring is 2. The van der Waals surface area contributed by atoms with Crippen LogP contribution in [0, 0.1) is 0 Å². The molecule has 0 aliphatic heterocycles. The first-order chi connectivity index (χ1) is 9.61. The quantitative estimate of drug-likeness (QED) is 0.637. The molecule has 6 N–H and O–H groups in total. The lowest BCUT2D eigenvalue weighted by atomic mass is 9.94. The maximum absolute atomic E-state index is 9.27. The van der Waals surface area contributed by atoms with Crippen molar-refractivity contribution >= 4 is 34.3 Å². The van der Waals surface area contributed by atoms with E-state index in [0.29, 0.717) is 34.8 Å². The molecular weight excluding hydrogens is 296 g/mol. The van der Waals surface area contributed by atoms with E-state index >= 15 is 0 Å². The van der Waals surface area contributed by atoms with Gasteiger partial charge in [-0.25, -0.2) is 0 Å². The second-order valence-corrected chi connectivity index (χ2v) is 5.72. The lowest BCUT2D eigenvalue weighted by Gasteiger charge is -2.19. The van der Waals surface area contributed by atoms with Gasteiger partial charge in [0.2, 0.25) is 0 Å². The molecule has 0 unspecified atom stereocenters. The summed E-state index contributed by atoms with van der Waals surface area (Å²) >= 11 is 7.84. The summed E-state index contributed by atoms with van der Waals surface area (Å²) in [5, 5.41) is 20.7. The van der Waals surface area contributed by atoms with Crippen molar-refractivity contribution in [3.8, 4) is 10.4 Å². The largest absolute Gasteiger partial charge is 0.398 e. The van der Waals surface area contributed by atoms with Crippen LogP contribution in [0.3, 0.4) is 0 Å². The van der Waals surface area contributed by atoms with E-state index in [1.807, 2.05) is 17.5 Å². The predicted molar refractivity (Wildman–Crippen MR) is 85.2 cm³/mol. The summed E-state index contributed by atoms with van der Waals surface area (Å²) in [5.41, 5.74) is 15.5. The van der Waals surface area contributed by atoms with Gasteiger partial charge >= 0.3 is 0 Å². The molecule has 0 radical (unpaired) electrons. The second kappa shape index (κ2) is 6.45. The highest BCUT2D eigenvalue weighted by Gasteiger charge is 2.20. The van der Waals surface area contributed by atoms with Crippen LogP contribution in [0.15, 0.2) is 17.5 Å². The Hall–Kier alpha value is -1.27. The van der Waals surface area contributed by atoms with Gasteiger partial charge in [0.25, 0.3) is 0 Å². The Bertz CT molecular complexity index is 600. The molecule has 1 aromatic carbocycles. The summed E-state index contributed by atoms with van der Waals surface area (Å²) in [6.07, 6.45) is 0.747. The van der Waals surface area contributed by atoms with Crippen LogP contribution in [0.4, 0.5) is 11.4 Å². The summed E-state index contributed by atoms with van der Waals surface area (Å²) in [5.74, 6) is 0. The third-order valence-electron chi connectivity index (χ3n) is 3.21. The molecule has 0 aliphatic rings. The molecular formula is C14H17ClN2O2S. The molecule has 0 bridgehead atoms. The first-order valence-electron chi connectivity index (χ1n) is 6.25. The fourth-order valence-corrected chi connectivity index (χ4v) is 3.40. The van der Waals surface area contributed by atoms with E-state index in [1.165, 1.54) is 0 Å². The molecule has 108 valence electrons. The van der Waals surface area contributed by atoms with E-state index < -0.39 is 0 Å². The minimum absolute atomic E-state index is 0.0256. The van der Waals surface area contributed by atoms with E-state index in [4.69, 9.17) is 28.2 Å². The van der Waals surface area contributed by atoms with Gasteiger partial charge in [-0.15, -0.1) is 11.3 Å². The van der Waals surface area contributed by atoms with Crippen molar-refractivity contribution in [2.24, 2.45) is 0 Å². The standard InChI is InChI=1S/C14H17ClN2O2S/c15-12-9(4-6-19)13(16)8(3-5-18)11(14(12)17)10-2-1-7-20-10/h1-2,7,18-19H,3-6,16-17H2. The van der Waals surface area contributed by atoms with Gasteiger partial charge < -0.3 is 21.7 Å². The summed E-state index contributed by atoms with van der Waals surface area (Å²) in [4.78, 5) is 0.968. The first kappa shape index (κ1) is 15.1. The number of nitrogens with two attached hydrogens (primary N) is 2. The van der Waals surface area contributed by atoms with E-state index in [2.05, 4.69) is 0 Å². The Kier molecular flexibility index (Phi) is 4.88. The molecule has 4 nitrogen and oxygen atoms in total. The minimum atomic E-state index is -0.0553. The Morgan fingerprint density at radius 2 is 1.70 bits per heavy atom. The third-order valence-corrected chi connectivity index (χ3v) is 4.53. The van der Waals surface area contributed by atoms with Crippen LogP contribution in [0.1, 0.15) is 11.1 Å². The predicted octanol–water partition coefficient (Wildman–Crippen LogP) is 2.30. The summed E-state index contributed by atoms with van der Waals surface area (Å²) in [6, 6.07) is 3.87.